The second-order valence-corrected chi connectivity index (χ2v) is 4.93. The van der Waals surface area contributed by atoms with E-state index in [2.05, 4.69) is 41.9 Å². The first-order chi connectivity index (χ1) is 9.88. The first-order valence-corrected chi connectivity index (χ1v) is 6.80. The molecule has 0 aromatic heterocycles. The maximum atomic E-state index is 9.26. The first kappa shape index (κ1) is 12.7. The SMILES string of the molecule is ONc1ccccc1C1=C(Cc2ccccc2)C=CC1. The summed E-state index contributed by atoms with van der Waals surface area (Å²) in [7, 11) is 0. The Balaban J connectivity index is 1.97. The van der Waals surface area contributed by atoms with Crippen LogP contribution in [0.5, 0.6) is 0 Å². The fourth-order valence-electron chi connectivity index (χ4n) is 2.66. The van der Waals surface area contributed by atoms with Crippen LogP contribution in [-0.2, 0) is 6.42 Å². The molecule has 0 spiro atoms. The molecule has 0 bridgehead atoms. The summed E-state index contributed by atoms with van der Waals surface area (Å²) in [6, 6.07) is 18.3. The number of nitrogens with one attached hydrogen (secondary N) is 1. The molecular weight excluding hydrogens is 246 g/mol. The summed E-state index contributed by atoms with van der Waals surface area (Å²) >= 11 is 0. The van der Waals surface area contributed by atoms with Crippen molar-refractivity contribution in [3.63, 3.8) is 0 Å². The summed E-state index contributed by atoms with van der Waals surface area (Å²) in [6.07, 6.45) is 6.21. The van der Waals surface area contributed by atoms with E-state index in [9.17, 15) is 5.21 Å². The summed E-state index contributed by atoms with van der Waals surface area (Å²) in [5.74, 6) is 0. The molecule has 2 aromatic rings. The molecule has 0 fully saturated rings. The van der Waals surface area contributed by atoms with Crippen LogP contribution in [0.1, 0.15) is 17.5 Å². The van der Waals surface area contributed by atoms with Crippen LogP contribution in [0.4, 0.5) is 5.69 Å². The lowest BCUT2D eigenvalue weighted by atomic mass is 9.96. The molecule has 3 rings (SSSR count). The first-order valence-electron chi connectivity index (χ1n) is 6.80. The third-order valence-electron chi connectivity index (χ3n) is 3.64. The summed E-state index contributed by atoms with van der Waals surface area (Å²) in [6.45, 7) is 0. The Morgan fingerprint density at radius 2 is 1.70 bits per heavy atom. The van der Waals surface area contributed by atoms with E-state index in [0.29, 0.717) is 0 Å². The van der Waals surface area contributed by atoms with Gasteiger partial charge < -0.3 is 0 Å². The Labute approximate surface area is 119 Å². The average molecular weight is 263 g/mol. The quantitative estimate of drug-likeness (QED) is 0.799. The largest absolute Gasteiger partial charge is 0.291 e. The van der Waals surface area contributed by atoms with Crippen molar-refractivity contribution in [3.8, 4) is 0 Å². The number of hydrogen-bond acceptors (Lipinski definition) is 2. The molecule has 1 aliphatic carbocycles. The van der Waals surface area contributed by atoms with Crippen LogP contribution >= 0.6 is 0 Å². The van der Waals surface area contributed by atoms with Gasteiger partial charge in [-0.3, -0.25) is 10.7 Å². The highest BCUT2D eigenvalue weighted by molar-refractivity contribution is 5.82. The summed E-state index contributed by atoms with van der Waals surface area (Å²) < 4.78 is 0. The molecule has 0 saturated carbocycles. The van der Waals surface area contributed by atoms with Crippen molar-refractivity contribution in [1.29, 1.82) is 0 Å². The number of benzene rings is 2. The highest BCUT2D eigenvalue weighted by Gasteiger charge is 2.14. The van der Waals surface area contributed by atoms with E-state index in [1.807, 2.05) is 30.3 Å². The van der Waals surface area contributed by atoms with E-state index in [-0.39, 0.29) is 0 Å². The fourth-order valence-corrected chi connectivity index (χ4v) is 2.66. The van der Waals surface area contributed by atoms with Gasteiger partial charge in [0.2, 0.25) is 0 Å². The van der Waals surface area contributed by atoms with E-state index >= 15 is 0 Å². The molecular formula is C18H17NO. The molecule has 2 nitrogen and oxygen atoms in total. The third kappa shape index (κ3) is 2.51. The lowest BCUT2D eigenvalue weighted by Crippen LogP contribution is -1.97. The van der Waals surface area contributed by atoms with Crippen molar-refractivity contribution in [2.75, 3.05) is 5.48 Å². The molecule has 0 amide bonds. The summed E-state index contributed by atoms with van der Waals surface area (Å²) in [5, 5.41) is 9.26. The van der Waals surface area contributed by atoms with Gasteiger partial charge in [0.15, 0.2) is 0 Å². The van der Waals surface area contributed by atoms with Gasteiger partial charge in [-0.25, -0.2) is 0 Å². The minimum Gasteiger partial charge on any atom is -0.291 e. The Morgan fingerprint density at radius 1 is 0.950 bits per heavy atom. The number of para-hydroxylation sites is 1. The zero-order chi connectivity index (χ0) is 13.8. The van der Waals surface area contributed by atoms with E-state index in [0.717, 1.165) is 24.1 Å². The lowest BCUT2D eigenvalue weighted by molar-refractivity contribution is 0.388. The van der Waals surface area contributed by atoms with Gasteiger partial charge in [-0.05, 0) is 35.6 Å². The predicted octanol–water partition coefficient (Wildman–Crippen LogP) is 4.44. The average Bonchev–Trinajstić information content (AvgIpc) is 2.96. The molecule has 2 aromatic carbocycles. The topological polar surface area (TPSA) is 32.3 Å². The number of hydrogen-bond donors (Lipinski definition) is 2. The zero-order valence-corrected chi connectivity index (χ0v) is 11.2. The molecule has 2 N–H and O–H groups in total. The van der Waals surface area contributed by atoms with Gasteiger partial charge in [-0.2, -0.15) is 0 Å². The van der Waals surface area contributed by atoms with Crippen LogP contribution in [-0.4, -0.2) is 5.21 Å². The van der Waals surface area contributed by atoms with Crippen LogP contribution in [0.2, 0.25) is 0 Å². The van der Waals surface area contributed by atoms with Gasteiger partial charge in [-0.1, -0.05) is 60.7 Å². The molecule has 0 heterocycles. The molecule has 0 aliphatic heterocycles. The highest BCUT2D eigenvalue weighted by atomic mass is 16.5. The zero-order valence-electron chi connectivity index (χ0n) is 11.2. The molecule has 0 radical (unpaired) electrons. The van der Waals surface area contributed by atoms with Crippen LogP contribution in [0.25, 0.3) is 5.57 Å². The molecule has 0 saturated heterocycles. The molecule has 1 aliphatic rings. The van der Waals surface area contributed by atoms with Crippen molar-refractivity contribution in [3.05, 3.63) is 83.4 Å². The molecule has 100 valence electrons. The van der Waals surface area contributed by atoms with E-state index in [4.69, 9.17) is 0 Å². The van der Waals surface area contributed by atoms with Gasteiger partial charge in [0.05, 0.1) is 5.69 Å². The van der Waals surface area contributed by atoms with Crippen molar-refractivity contribution in [1.82, 2.24) is 0 Å². The Bertz CT molecular complexity index is 656. The van der Waals surface area contributed by atoms with Crippen molar-refractivity contribution in [2.24, 2.45) is 0 Å². The van der Waals surface area contributed by atoms with Crippen LogP contribution in [0.15, 0.2) is 72.3 Å². The number of anilines is 1. The number of rotatable bonds is 4. The van der Waals surface area contributed by atoms with Crippen LogP contribution < -0.4 is 5.48 Å². The second-order valence-electron chi connectivity index (χ2n) is 4.93. The monoisotopic (exact) mass is 263 g/mol. The van der Waals surface area contributed by atoms with Gasteiger partial charge >= 0.3 is 0 Å². The van der Waals surface area contributed by atoms with Gasteiger partial charge in [-0.15, -0.1) is 0 Å². The normalized spacial score (nSPS) is 13.8. The summed E-state index contributed by atoms with van der Waals surface area (Å²) in [5.41, 5.74) is 8.04. The van der Waals surface area contributed by atoms with Gasteiger partial charge in [0.25, 0.3) is 0 Å². The van der Waals surface area contributed by atoms with E-state index in [1.165, 1.54) is 16.7 Å². The Kier molecular flexibility index (Phi) is 3.66. The third-order valence-corrected chi connectivity index (χ3v) is 3.64. The molecule has 0 atom stereocenters. The predicted molar refractivity (Wildman–Crippen MR) is 82.7 cm³/mol. The maximum absolute atomic E-state index is 9.26. The Hall–Kier alpha value is -2.32. The van der Waals surface area contributed by atoms with Crippen LogP contribution in [0.3, 0.4) is 0 Å². The summed E-state index contributed by atoms with van der Waals surface area (Å²) in [4.78, 5) is 0. The number of allylic oxidation sites excluding steroid dienone is 4. The van der Waals surface area contributed by atoms with Gasteiger partial charge in [0.1, 0.15) is 0 Å². The van der Waals surface area contributed by atoms with Gasteiger partial charge in [0, 0.05) is 5.56 Å². The second kappa shape index (κ2) is 5.76. The van der Waals surface area contributed by atoms with E-state index in [1.54, 1.807) is 0 Å². The van der Waals surface area contributed by atoms with Crippen molar-refractivity contribution < 1.29 is 5.21 Å². The maximum Gasteiger partial charge on any atom is 0.0677 e. The van der Waals surface area contributed by atoms with E-state index < -0.39 is 0 Å². The standard InChI is InChI=1S/C18H17NO/c20-19-18-12-5-4-10-17(18)16-11-6-9-15(16)13-14-7-2-1-3-8-14/h1-10,12,19-20H,11,13H2. The molecule has 2 heteroatoms. The lowest BCUT2D eigenvalue weighted by Gasteiger charge is -2.12. The molecule has 0 unspecified atom stereocenters. The smallest absolute Gasteiger partial charge is 0.0677 e. The Morgan fingerprint density at radius 3 is 2.50 bits per heavy atom. The van der Waals surface area contributed by atoms with Crippen molar-refractivity contribution in [2.45, 2.75) is 12.8 Å². The van der Waals surface area contributed by atoms with Crippen molar-refractivity contribution >= 4 is 11.3 Å². The fraction of sp³-hybridized carbons (Fsp3) is 0.111. The minimum atomic E-state index is 0.761. The van der Waals surface area contributed by atoms with Crippen LogP contribution in [0, 0.1) is 0 Å². The minimum absolute atomic E-state index is 0.761. The highest BCUT2D eigenvalue weighted by Crippen LogP contribution is 2.34. The molecule has 20 heavy (non-hydrogen) atoms.